The van der Waals surface area contributed by atoms with E-state index in [0.29, 0.717) is 17.2 Å². The molecule has 0 aliphatic heterocycles. The van der Waals surface area contributed by atoms with Crippen LogP contribution in [0.1, 0.15) is 32.0 Å². The van der Waals surface area contributed by atoms with Gasteiger partial charge < -0.3 is 14.8 Å². The fraction of sp³-hybridized carbons (Fsp3) is 0.190. The highest BCUT2D eigenvalue weighted by Crippen LogP contribution is 2.22. The number of esters is 1. The molecule has 0 spiro atoms. The number of carbonyl (C=O) groups excluding carboxylic acids is 2. The van der Waals surface area contributed by atoms with Gasteiger partial charge in [0.05, 0.1) is 19.0 Å². The number of methoxy groups -OCH3 is 1. The maximum absolute atomic E-state index is 12.5. The van der Waals surface area contributed by atoms with Gasteiger partial charge in [-0.3, -0.25) is 9.48 Å². The molecule has 0 radical (unpaired) electrons. The Morgan fingerprint density at radius 1 is 1.17 bits per heavy atom. The summed E-state index contributed by atoms with van der Waals surface area (Å²) in [6.07, 6.45) is 1.40. The van der Waals surface area contributed by atoms with E-state index in [9.17, 15) is 9.59 Å². The van der Waals surface area contributed by atoms with Gasteiger partial charge >= 0.3 is 5.97 Å². The molecule has 1 amide bonds. The van der Waals surface area contributed by atoms with Gasteiger partial charge in [0.2, 0.25) is 0 Å². The summed E-state index contributed by atoms with van der Waals surface area (Å²) in [4.78, 5) is 24.4. The van der Waals surface area contributed by atoms with Crippen molar-refractivity contribution >= 4 is 29.2 Å². The summed E-state index contributed by atoms with van der Waals surface area (Å²) in [6, 6.07) is 12.5. The minimum Gasteiger partial charge on any atom is -0.489 e. The highest BCUT2D eigenvalue weighted by molar-refractivity contribution is 6.31. The number of nitrogens with zero attached hydrogens (tertiary/aromatic N) is 2. The molecule has 7 nitrogen and oxygen atoms in total. The van der Waals surface area contributed by atoms with Crippen molar-refractivity contribution < 1.29 is 19.1 Å². The van der Waals surface area contributed by atoms with Gasteiger partial charge in [0.1, 0.15) is 12.4 Å². The van der Waals surface area contributed by atoms with E-state index in [4.69, 9.17) is 21.1 Å². The molecule has 3 aromatic rings. The van der Waals surface area contributed by atoms with E-state index >= 15 is 0 Å². The lowest BCUT2D eigenvalue weighted by atomic mass is 10.1. The standard InChI is InChI=1S/C21H20ClN3O4/c1-13-10-16(8-9-17(13)22)29-12-14-4-6-15(7-5-14)20(26)24-18-11-23-25(2)19(18)21(27)28-3/h4-11H,12H2,1-3H3,(H,24,26). The summed E-state index contributed by atoms with van der Waals surface area (Å²) in [5.74, 6) is -0.213. The molecule has 0 saturated heterocycles. The number of benzene rings is 2. The third-order valence-corrected chi connectivity index (χ3v) is 4.74. The van der Waals surface area contributed by atoms with E-state index in [1.165, 1.54) is 18.0 Å². The number of ether oxygens (including phenoxy) is 2. The Morgan fingerprint density at radius 2 is 1.90 bits per heavy atom. The second kappa shape index (κ2) is 8.79. The molecule has 1 aromatic heterocycles. The van der Waals surface area contributed by atoms with Crippen LogP contribution in [0.15, 0.2) is 48.7 Å². The molecule has 0 atom stereocenters. The Hall–Kier alpha value is -3.32. The molecule has 0 saturated carbocycles. The average molecular weight is 414 g/mol. The molecule has 0 fully saturated rings. The fourth-order valence-corrected chi connectivity index (χ4v) is 2.81. The number of nitrogens with one attached hydrogen (secondary N) is 1. The summed E-state index contributed by atoms with van der Waals surface area (Å²) >= 11 is 6.02. The van der Waals surface area contributed by atoms with Crippen LogP contribution < -0.4 is 10.1 Å². The first-order valence-electron chi connectivity index (χ1n) is 8.78. The van der Waals surface area contributed by atoms with E-state index in [2.05, 4.69) is 10.4 Å². The van der Waals surface area contributed by atoms with Crippen LogP contribution in [0.25, 0.3) is 0 Å². The third-order valence-electron chi connectivity index (χ3n) is 4.32. The largest absolute Gasteiger partial charge is 0.489 e. The third kappa shape index (κ3) is 4.75. The number of hydrogen-bond acceptors (Lipinski definition) is 5. The van der Waals surface area contributed by atoms with Crippen molar-refractivity contribution in [3.63, 3.8) is 0 Å². The number of aromatic nitrogens is 2. The topological polar surface area (TPSA) is 82.4 Å². The van der Waals surface area contributed by atoms with Crippen LogP contribution in [0.4, 0.5) is 5.69 Å². The highest BCUT2D eigenvalue weighted by Gasteiger charge is 2.19. The summed E-state index contributed by atoms with van der Waals surface area (Å²) in [5, 5.41) is 7.36. The first-order valence-corrected chi connectivity index (χ1v) is 9.16. The van der Waals surface area contributed by atoms with Gasteiger partial charge in [-0.15, -0.1) is 0 Å². The van der Waals surface area contributed by atoms with Gasteiger partial charge in [0, 0.05) is 17.6 Å². The smallest absolute Gasteiger partial charge is 0.358 e. The number of carbonyl (C=O) groups is 2. The van der Waals surface area contributed by atoms with Gasteiger partial charge in [-0.1, -0.05) is 23.7 Å². The van der Waals surface area contributed by atoms with E-state index < -0.39 is 5.97 Å². The number of rotatable bonds is 6. The first kappa shape index (κ1) is 20.4. The molecular weight excluding hydrogens is 394 g/mol. The van der Waals surface area contributed by atoms with Crippen LogP contribution in [0.5, 0.6) is 5.75 Å². The van der Waals surface area contributed by atoms with Crippen LogP contribution in [0.3, 0.4) is 0 Å². The van der Waals surface area contributed by atoms with Crippen molar-refractivity contribution in [1.29, 1.82) is 0 Å². The Kier molecular flexibility index (Phi) is 6.19. The molecule has 3 rings (SSSR count). The Morgan fingerprint density at radius 3 is 2.55 bits per heavy atom. The molecule has 0 bridgehead atoms. The Bertz CT molecular complexity index is 1040. The predicted octanol–water partition coefficient (Wildman–Crippen LogP) is 4.00. The van der Waals surface area contributed by atoms with Crippen LogP contribution >= 0.6 is 11.6 Å². The highest BCUT2D eigenvalue weighted by atomic mass is 35.5. The molecule has 1 heterocycles. The summed E-state index contributed by atoms with van der Waals surface area (Å²) in [7, 11) is 2.87. The van der Waals surface area contributed by atoms with E-state index in [-0.39, 0.29) is 17.3 Å². The van der Waals surface area contributed by atoms with Crippen molar-refractivity contribution in [2.45, 2.75) is 13.5 Å². The molecular formula is C21H20ClN3O4. The molecule has 1 N–H and O–H groups in total. The Balaban J connectivity index is 1.65. The number of halogens is 1. The monoisotopic (exact) mass is 413 g/mol. The van der Waals surface area contributed by atoms with Gasteiger partial charge in [0.15, 0.2) is 5.69 Å². The van der Waals surface area contributed by atoms with Crippen LogP contribution in [-0.2, 0) is 18.4 Å². The van der Waals surface area contributed by atoms with Crippen molar-refractivity contribution in [2.75, 3.05) is 12.4 Å². The van der Waals surface area contributed by atoms with Crippen LogP contribution in [0.2, 0.25) is 5.02 Å². The SMILES string of the molecule is COC(=O)c1c(NC(=O)c2ccc(COc3ccc(Cl)c(C)c3)cc2)cnn1C. The molecule has 0 aliphatic rings. The van der Waals surface area contributed by atoms with Gasteiger partial charge in [-0.25, -0.2) is 4.79 Å². The first-order chi connectivity index (χ1) is 13.9. The Labute approximate surface area is 173 Å². The normalized spacial score (nSPS) is 10.5. The summed E-state index contributed by atoms with van der Waals surface area (Å²) in [6.45, 7) is 2.27. The molecule has 0 aliphatic carbocycles. The summed E-state index contributed by atoms with van der Waals surface area (Å²) in [5.41, 5.74) is 2.75. The quantitative estimate of drug-likeness (QED) is 0.617. The molecule has 29 heavy (non-hydrogen) atoms. The number of amides is 1. The van der Waals surface area contributed by atoms with Gasteiger partial charge in [0.25, 0.3) is 5.91 Å². The lowest BCUT2D eigenvalue weighted by Gasteiger charge is -2.09. The lowest BCUT2D eigenvalue weighted by Crippen LogP contribution is -2.16. The predicted molar refractivity (Wildman–Crippen MR) is 109 cm³/mol. The zero-order chi connectivity index (χ0) is 21.0. The zero-order valence-electron chi connectivity index (χ0n) is 16.2. The molecule has 2 aromatic carbocycles. The molecule has 150 valence electrons. The lowest BCUT2D eigenvalue weighted by molar-refractivity contribution is 0.0589. The van der Waals surface area contributed by atoms with Crippen molar-refractivity contribution in [2.24, 2.45) is 7.05 Å². The minimum atomic E-state index is -0.578. The number of aryl methyl sites for hydroxylation is 2. The summed E-state index contributed by atoms with van der Waals surface area (Å²) < 4.78 is 11.8. The zero-order valence-corrected chi connectivity index (χ0v) is 17.0. The minimum absolute atomic E-state index is 0.170. The van der Waals surface area contributed by atoms with Crippen LogP contribution in [-0.4, -0.2) is 28.8 Å². The van der Waals surface area contributed by atoms with Gasteiger partial charge in [-0.2, -0.15) is 5.10 Å². The second-order valence-corrected chi connectivity index (χ2v) is 6.78. The average Bonchev–Trinajstić information content (AvgIpc) is 3.08. The maximum Gasteiger partial charge on any atom is 0.358 e. The molecule has 8 heteroatoms. The van der Waals surface area contributed by atoms with E-state index in [1.54, 1.807) is 25.2 Å². The molecule has 0 unspecified atom stereocenters. The van der Waals surface area contributed by atoms with Gasteiger partial charge in [-0.05, 0) is 48.4 Å². The van der Waals surface area contributed by atoms with Crippen molar-refractivity contribution in [3.8, 4) is 5.75 Å². The van der Waals surface area contributed by atoms with E-state index in [1.807, 2.05) is 31.2 Å². The van der Waals surface area contributed by atoms with Crippen molar-refractivity contribution in [1.82, 2.24) is 9.78 Å². The number of anilines is 1. The van der Waals surface area contributed by atoms with Crippen LogP contribution in [0, 0.1) is 6.92 Å². The number of hydrogen-bond donors (Lipinski definition) is 1. The van der Waals surface area contributed by atoms with Crippen molar-refractivity contribution in [3.05, 3.63) is 76.1 Å². The maximum atomic E-state index is 12.5. The van der Waals surface area contributed by atoms with E-state index in [0.717, 1.165) is 16.9 Å². The fourth-order valence-electron chi connectivity index (χ4n) is 2.69. The second-order valence-electron chi connectivity index (χ2n) is 6.37.